The molecule has 2 aliphatic rings. The number of hydrogen-bond donors (Lipinski definition) is 1. The van der Waals surface area contributed by atoms with E-state index in [2.05, 4.69) is 25.8 Å². The van der Waals surface area contributed by atoms with Gasteiger partial charge in [0.25, 0.3) is 5.91 Å². The van der Waals surface area contributed by atoms with Crippen LogP contribution in [0.2, 0.25) is 0 Å². The highest BCUT2D eigenvalue weighted by atomic mass is 32.1. The molecule has 4 rings (SSSR count). The number of benzene rings is 1. The fraction of sp³-hybridized carbons (Fsp3) is 0.536. The maximum absolute atomic E-state index is 14.3. The third-order valence-electron chi connectivity index (χ3n) is 7.46. The van der Waals surface area contributed by atoms with Gasteiger partial charge in [-0.25, -0.2) is 9.78 Å². The highest BCUT2D eigenvalue weighted by Crippen LogP contribution is 2.57. The Labute approximate surface area is 221 Å². The summed E-state index contributed by atoms with van der Waals surface area (Å²) in [6, 6.07) is 6.18. The highest BCUT2D eigenvalue weighted by molar-refractivity contribution is 7.09. The molecule has 2 saturated heterocycles. The second-order valence-electron chi connectivity index (χ2n) is 11.5. The predicted molar refractivity (Wildman–Crippen MR) is 140 cm³/mol. The van der Waals surface area contributed by atoms with Crippen LogP contribution in [-0.2, 0) is 19.8 Å². The lowest BCUT2D eigenvalue weighted by Gasteiger charge is -2.41. The number of amides is 3. The summed E-state index contributed by atoms with van der Waals surface area (Å²) in [4.78, 5) is 61.9. The number of carboxylic acid groups (broad SMARTS) is 1. The van der Waals surface area contributed by atoms with E-state index < -0.39 is 47.1 Å². The summed E-state index contributed by atoms with van der Waals surface area (Å²) in [6.45, 7) is 12.0. The molecule has 37 heavy (non-hydrogen) atoms. The predicted octanol–water partition coefficient (Wildman–Crippen LogP) is 4.52. The van der Waals surface area contributed by atoms with Crippen LogP contribution in [0, 0.1) is 17.8 Å². The molecule has 1 aromatic heterocycles. The van der Waals surface area contributed by atoms with Gasteiger partial charge in [-0.1, -0.05) is 53.7 Å². The number of thiazole rings is 1. The van der Waals surface area contributed by atoms with E-state index in [1.807, 2.05) is 32.9 Å². The van der Waals surface area contributed by atoms with Crippen LogP contribution in [-0.4, -0.2) is 55.7 Å². The monoisotopic (exact) mass is 525 g/mol. The first-order valence-corrected chi connectivity index (χ1v) is 13.7. The zero-order valence-corrected chi connectivity index (χ0v) is 23.0. The first-order valence-electron chi connectivity index (χ1n) is 12.8. The smallest absolute Gasteiger partial charge is 0.330 e. The maximum atomic E-state index is 14.3. The molecule has 1 aromatic carbocycles. The van der Waals surface area contributed by atoms with Gasteiger partial charge in [0.1, 0.15) is 5.01 Å². The summed E-state index contributed by atoms with van der Waals surface area (Å²) < 4.78 is 0. The summed E-state index contributed by atoms with van der Waals surface area (Å²) >= 11 is 1.26. The Kier molecular flexibility index (Phi) is 7.05. The zero-order valence-electron chi connectivity index (χ0n) is 22.2. The van der Waals surface area contributed by atoms with Gasteiger partial charge in [-0.2, -0.15) is 0 Å². The van der Waals surface area contributed by atoms with Crippen LogP contribution in [0.3, 0.4) is 0 Å². The van der Waals surface area contributed by atoms with Crippen LogP contribution in [0.15, 0.2) is 35.8 Å². The van der Waals surface area contributed by atoms with Gasteiger partial charge >= 0.3 is 5.97 Å². The topological polar surface area (TPSA) is 108 Å². The van der Waals surface area contributed by atoms with Crippen LogP contribution in [0.5, 0.6) is 0 Å². The minimum Gasteiger partial charge on any atom is -0.479 e. The van der Waals surface area contributed by atoms with E-state index in [9.17, 15) is 24.3 Å². The van der Waals surface area contributed by atoms with Crippen LogP contribution in [0.25, 0.3) is 0 Å². The van der Waals surface area contributed by atoms with Crippen molar-refractivity contribution in [1.82, 2.24) is 14.8 Å². The quantitative estimate of drug-likeness (QED) is 0.533. The molecule has 0 radical (unpaired) electrons. The molecule has 0 spiro atoms. The number of fused-ring (bicyclic) bond motifs is 1. The molecule has 198 valence electrons. The number of carbonyl (C=O) groups excluding carboxylic acids is 3. The van der Waals surface area contributed by atoms with Crippen LogP contribution < -0.4 is 0 Å². The molecule has 2 aliphatic heterocycles. The average Bonchev–Trinajstić information content (AvgIpc) is 3.51. The number of hydrogen-bond acceptors (Lipinski definition) is 6. The Hall–Kier alpha value is -3.07. The number of aromatic nitrogens is 1. The molecule has 1 N–H and O–H groups in total. The fourth-order valence-corrected chi connectivity index (χ4v) is 6.72. The van der Waals surface area contributed by atoms with Gasteiger partial charge < -0.3 is 10.0 Å². The number of carbonyl (C=O) groups is 4. The summed E-state index contributed by atoms with van der Waals surface area (Å²) in [5.41, 5.74) is -0.663. The number of rotatable bonds is 7. The van der Waals surface area contributed by atoms with Gasteiger partial charge in [0, 0.05) is 23.7 Å². The van der Waals surface area contributed by atoms with E-state index >= 15 is 0 Å². The van der Waals surface area contributed by atoms with Crippen molar-refractivity contribution in [3.8, 4) is 0 Å². The lowest BCUT2D eigenvalue weighted by Crippen LogP contribution is -2.60. The van der Waals surface area contributed by atoms with Gasteiger partial charge in [0.05, 0.1) is 17.9 Å². The van der Waals surface area contributed by atoms with Crippen molar-refractivity contribution < 1.29 is 24.3 Å². The van der Waals surface area contributed by atoms with Crippen LogP contribution in [0.4, 0.5) is 0 Å². The Bertz CT molecular complexity index is 1200. The Morgan fingerprint density at radius 1 is 1.14 bits per heavy atom. The van der Waals surface area contributed by atoms with Gasteiger partial charge in [-0.15, -0.1) is 11.3 Å². The van der Waals surface area contributed by atoms with E-state index in [0.717, 1.165) is 5.56 Å². The minimum atomic E-state index is -1.88. The Morgan fingerprint density at radius 3 is 2.27 bits per heavy atom. The Morgan fingerprint density at radius 2 is 1.78 bits per heavy atom. The Balaban J connectivity index is 1.94. The van der Waals surface area contributed by atoms with E-state index in [1.165, 1.54) is 21.1 Å². The molecule has 0 saturated carbocycles. The maximum Gasteiger partial charge on any atom is 0.330 e. The minimum absolute atomic E-state index is 0.0379. The van der Waals surface area contributed by atoms with E-state index in [0.29, 0.717) is 17.0 Å². The van der Waals surface area contributed by atoms with Crippen molar-refractivity contribution in [2.45, 2.75) is 71.4 Å². The summed E-state index contributed by atoms with van der Waals surface area (Å²) in [7, 11) is 0. The first kappa shape index (κ1) is 27.0. The van der Waals surface area contributed by atoms with Crippen molar-refractivity contribution in [2.24, 2.45) is 17.8 Å². The second kappa shape index (κ2) is 9.67. The van der Waals surface area contributed by atoms with Gasteiger partial charge in [0.15, 0.2) is 5.54 Å². The third-order valence-corrected chi connectivity index (χ3v) is 8.31. The zero-order chi connectivity index (χ0) is 27.3. The molecular formula is C28H35N3O5S. The van der Waals surface area contributed by atoms with Crippen molar-refractivity contribution in [1.29, 1.82) is 0 Å². The molecule has 0 bridgehead atoms. The number of nitrogens with zero attached hydrogens (tertiary/aromatic N) is 3. The molecule has 3 amide bonds. The largest absolute Gasteiger partial charge is 0.479 e. The van der Waals surface area contributed by atoms with E-state index in [1.54, 1.807) is 23.7 Å². The molecular weight excluding hydrogens is 490 g/mol. The van der Waals surface area contributed by atoms with Crippen molar-refractivity contribution >= 4 is 35.0 Å². The molecule has 3 heterocycles. The van der Waals surface area contributed by atoms with Crippen LogP contribution in [0.1, 0.15) is 81.4 Å². The summed E-state index contributed by atoms with van der Waals surface area (Å²) in [5, 5.41) is 13.0. The highest BCUT2D eigenvalue weighted by Gasteiger charge is 2.73. The van der Waals surface area contributed by atoms with Gasteiger partial charge in [0.2, 0.25) is 11.8 Å². The molecule has 0 aliphatic carbocycles. The normalized spacial score (nSPS) is 25.8. The summed E-state index contributed by atoms with van der Waals surface area (Å²) in [5.74, 6) is -5.07. The number of aliphatic carboxylic acids is 1. The number of carboxylic acids is 1. The van der Waals surface area contributed by atoms with Gasteiger partial charge in [-0.05, 0) is 41.9 Å². The third kappa shape index (κ3) is 4.27. The van der Waals surface area contributed by atoms with Crippen molar-refractivity contribution in [2.75, 3.05) is 6.54 Å². The SMILES string of the molecule is CCCN1C(=O)[C@H]2[C@@H](C1=O)[C@@](CC(C)C)(C(=O)O)N(C(=O)c1ccc(C(C)(C)C)cc1)[C@H]2c1nccs1. The number of likely N-dealkylation sites (tertiary alicyclic amines) is 2. The molecule has 2 fully saturated rings. The average molecular weight is 526 g/mol. The molecule has 0 unspecified atom stereocenters. The van der Waals surface area contributed by atoms with Gasteiger partial charge in [-0.3, -0.25) is 19.3 Å². The number of imide groups is 1. The molecule has 8 nitrogen and oxygen atoms in total. The lowest BCUT2D eigenvalue weighted by molar-refractivity contribution is -0.157. The van der Waals surface area contributed by atoms with Crippen LogP contribution >= 0.6 is 11.3 Å². The molecule has 4 atom stereocenters. The van der Waals surface area contributed by atoms with E-state index in [4.69, 9.17) is 0 Å². The lowest BCUT2D eigenvalue weighted by atomic mass is 9.75. The summed E-state index contributed by atoms with van der Waals surface area (Å²) in [6.07, 6.45) is 2.17. The van der Waals surface area contributed by atoms with E-state index in [-0.39, 0.29) is 24.3 Å². The van der Waals surface area contributed by atoms with Crippen molar-refractivity contribution in [3.63, 3.8) is 0 Å². The van der Waals surface area contributed by atoms with Crippen molar-refractivity contribution in [3.05, 3.63) is 52.0 Å². The standard InChI is InChI=1S/C28H35N3O5S/c1-7-13-30-24(33)19-20(25(30)34)28(26(35)36,15-16(2)3)31(21(19)22-29-12-14-37-22)23(32)17-8-10-18(11-9-17)27(4,5)6/h8-12,14,16,19-21H,7,13,15H2,1-6H3,(H,35,36)/t19-,20-,21+,28-/m0/s1. The second-order valence-corrected chi connectivity index (χ2v) is 12.4. The molecule has 2 aromatic rings. The fourth-order valence-electron chi connectivity index (χ4n) is 5.95. The molecule has 9 heteroatoms. The first-order chi connectivity index (χ1) is 17.4.